The third-order valence-electron chi connectivity index (χ3n) is 2.12. The Balaban J connectivity index is 2.70. The second-order valence-electron chi connectivity index (χ2n) is 3.28. The van der Waals surface area contributed by atoms with Gasteiger partial charge in [-0.25, -0.2) is 4.39 Å². The van der Waals surface area contributed by atoms with Crippen molar-refractivity contribution >= 4 is 27.5 Å². The second kappa shape index (κ2) is 5.72. The average molecular weight is 280 g/mol. The molecule has 0 aliphatic heterocycles. The molecule has 3 heteroatoms. The topological polar surface area (TPSA) is 0 Å². The summed E-state index contributed by atoms with van der Waals surface area (Å²) < 4.78 is 13.4. The van der Waals surface area contributed by atoms with Crippen LogP contribution in [0.25, 0.3) is 0 Å². The number of unbranched alkanes of at least 4 members (excludes halogenated alkanes) is 1. The van der Waals surface area contributed by atoms with Gasteiger partial charge in [-0.15, -0.1) is 11.6 Å². The summed E-state index contributed by atoms with van der Waals surface area (Å²) in [4.78, 5) is 0. The van der Waals surface area contributed by atoms with Crippen molar-refractivity contribution in [2.75, 3.05) is 0 Å². The van der Waals surface area contributed by atoms with Crippen molar-refractivity contribution < 1.29 is 4.39 Å². The molecule has 0 saturated heterocycles. The molecule has 1 aromatic carbocycles. The first kappa shape index (κ1) is 12.0. The largest absolute Gasteiger partial charge is 0.206 e. The van der Waals surface area contributed by atoms with Crippen molar-refractivity contribution in [3.63, 3.8) is 0 Å². The summed E-state index contributed by atoms with van der Waals surface area (Å²) in [5.41, 5.74) is 0.980. The highest BCUT2D eigenvalue weighted by atomic mass is 79.9. The Kier molecular flexibility index (Phi) is 4.90. The van der Waals surface area contributed by atoms with Crippen molar-refractivity contribution in [3.8, 4) is 0 Å². The van der Waals surface area contributed by atoms with Gasteiger partial charge in [-0.1, -0.05) is 25.8 Å². The fraction of sp³-hybridized carbons (Fsp3) is 0.455. The number of halogens is 3. The third-order valence-corrected chi connectivity index (χ3v) is 3.19. The van der Waals surface area contributed by atoms with Gasteiger partial charge >= 0.3 is 0 Å². The van der Waals surface area contributed by atoms with Crippen LogP contribution in [-0.2, 0) is 0 Å². The second-order valence-corrected chi connectivity index (χ2v) is 4.66. The SMILES string of the molecule is CCCCC(Cl)c1ccc(F)c(Br)c1. The molecule has 0 radical (unpaired) electrons. The van der Waals surface area contributed by atoms with Crippen LogP contribution in [0.15, 0.2) is 22.7 Å². The van der Waals surface area contributed by atoms with Crippen molar-refractivity contribution in [2.45, 2.75) is 31.6 Å². The quantitative estimate of drug-likeness (QED) is 0.676. The van der Waals surface area contributed by atoms with Gasteiger partial charge in [0.15, 0.2) is 0 Å². The van der Waals surface area contributed by atoms with E-state index in [1.54, 1.807) is 12.1 Å². The van der Waals surface area contributed by atoms with Crippen molar-refractivity contribution in [2.24, 2.45) is 0 Å². The van der Waals surface area contributed by atoms with E-state index in [2.05, 4.69) is 22.9 Å². The van der Waals surface area contributed by atoms with Gasteiger partial charge in [0.05, 0.1) is 9.85 Å². The lowest BCUT2D eigenvalue weighted by atomic mass is 10.1. The summed E-state index contributed by atoms with van der Waals surface area (Å²) in [6, 6.07) is 4.94. The van der Waals surface area contributed by atoms with E-state index in [1.807, 2.05) is 0 Å². The number of hydrogen-bond donors (Lipinski definition) is 0. The van der Waals surface area contributed by atoms with Gasteiger partial charge in [0, 0.05) is 0 Å². The van der Waals surface area contributed by atoms with Crippen LogP contribution >= 0.6 is 27.5 Å². The van der Waals surface area contributed by atoms with Crippen LogP contribution in [0.4, 0.5) is 4.39 Å². The van der Waals surface area contributed by atoms with Crippen molar-refractivity contribution in [1.29, 1.82) is 0 Å². The molecule has 78 valence electrons. The lowest BCUT2D eigenvalue weighted by Crippen LogP contribution is -1.91. The van der Waals surface area contributed by atoms with Crippen LogP contribution in [0.3, 0.4) is 0 Å². The Bertz CT molecular complexity index is 301. The molecular formula is C11H13BrClF. The maximum absolute atomic E-state index is 12.9. The zero-order chi connectivity index (χ0) is 10.6. The zero-order valence-corrected chi connectivity index (χ0v) is 10.4. The molecule has 1 unspecified atom stereocenters. The maximum atomic E-state index is 12.9. The summed E-state index contributed by atoms with van der Waals surface area (Å²) in [5, 5.41) is -0.00755. The molecule has 0 aromatic heterocycles. The molecule has 0 fully saturated rings. The van der Waals surface area contributed by atoms with E-state index < -0.39 is 0 Å². The van der Waals surface area contributed by atoms with E-state index in [0.717, 1.165) is 24.8 Å². The predicted octanol–water partition coefficient (Wildman–Crippen LogP) is 5.06. The van der Waals surface area contributed by atoms with Gasteiger partial charge in [0.1, 0.15) is 5.82 Å². The van der Waals surface area contributed by atoms with Gasteiger partial charge in [0.25, 0.3) is 0 Å². The molecule has 1 atom stereocenters. The maximum Gasteiger partial charge on any atom is 0.137 e. The summed E-state index contributed by atoms with van der Waals surface area (Å²) >= 11 is 9.31. The predicted molar refractivity (Wildman–Crippen MR) is 62.2 cm³/mol. The van der Waals surface area contributed by atoms with Crippen LogP contribution in [0.5, 0.6) is 0 Å². The first-order valence-corrected chi connectivity index (χ1v) is 5.97. The average Bonchev–Trinajstić information content (AvgIpc) is 2.18. The molecule has 0 nitrogen and oxygen atoms in total. The highest BCUT2D eigenvalue weighted by Crippen LogP contribution is 2.29. The molecular weight excluding hydrogens is 266 g/mol. The van der Waals surface area contributed by atoms with E-state index in [4.69, 9.17) is 11.6 Å². The Morgan fingerprint density at radius 2 is 2.21 bits per heavy atom. The molecule has 0 aliphatic rings. The molecule has 0 bridgehead atoms. The zero-order valence-electron chi connectivity index (χ0n) is 8.06. The van der Waals surface area contributed by atoms with Gasteiger partial charge < -0.3 is 0 Å². The minimum atomic E-state index is -0.242. The standard InChI is InChI=1S/C11H13BrClF/c1-2-3-4-10(13)8-5-6-11(14)9(12)7-8/h5-7,10H,2-4H2,1H3. The highest BCUT2D eigenvalue weighted by molar-refractivity contribution is 9.10. The van der Waals surface area contributed by atoms with Crippen LogP contribution < -0.4 is 0 Å². The molecule has 0 heterocycles. The molecule has 1 aromatic rings. The third kappa shape index (κ3) is 3.25. The van der Waals surface area contributed by atoms with Crippen LogP contribution in [-0.4, -0.2) is 0 Å². The van der Waals surface area contributed by atoms with Gasteiger partial charge in [-0.2, -0.15) is 0 Å². The van der Waals surface area contributed by atoms with E-state index in [9.17, 15) is 4.39 Å². The molecule has 0 amide bonds. The summed E-state index contributed by atoms with van der Waals surface area (Å²) in [5.74, 6) is -0.242. The fourth-order valence-corrected chi connectivity index (χ4v) is 1.94. The molecule has 0 spiro atoms. The lowest BCUT2D eigenvalue weighted by Gasteiger charge is -2.09. The smallest absolute Gasteiger partial charge is 0.137 e. The van der Waals surface area contributed by atoms with Gasteiger partial charge in [-0.05, 0) is 40.0 Å². The Labute approximate surface area is 97.6 Å². The lowest BCUT2D eigenvalue weighted by molar-refractivity contribution is 0.618. The number of rotatable bonds is 4. The van der Waals surface area contributed by atoms with Crippen LogP contribution in [0, 0.1) is 5.82 Å². The van der Waals surface area contributed by atoms with E-state index in [-0.39, 0.29) is 11.2 Å². The normalized spacial score (nSPS) is 12.9. The fourth-order valence-electron chi connectivity index (χ4n) is 1.26. The number of hydrogen-bond acceptors (Lipinski definition) is 0. The van der Waals surface area contributed by atoms with Crippen molar-refractivity contribution in [1.82, 2.24) is 0 Å². The van der Waals surface area contributed by atoms with E-state index in [1.165, 1.54) is 6.07 Å². The first-order chi connectivity index (χ1) is 6.65. The molecule has 0 N–H and O–H groups in total. The van der Waals surface area contributed by atoms with Gasteiger partial charge in [-0.3, -0.25) is 0 Å². The molecule has 0 saturated carbocycles. The summed E-state index contributed by atoms with van der Waals surface area (Å²) in [6.07, 6.45) is 3.17. The number of benzene rings is 1. The van der Waals surface area contributed by atoms with Gasteiger partial charge in [0.2, 0.25) is 0 Å². The Morgan fingerprint density at radius 1 is 1.50 bits per heavy atom. The number of alkyl halides is 1. The first-order valence-electron chi connectivity index (χ1n) is 4.74. The highest BCUT2D eigenvalue weighted by Gasteiger charge is 2.09. The van der Waals surface area contributed by atoms with E-state index in [0.29, 0.717) is 4.47 Å². The van der Waals surface area contributed by atoms with Crippen LogP contribution in [0.1, 0.15) is 37.1 Å². The Morgan fingerprint density at radius 3 is 2.79 bits per heavy atom. The molecule has 0 aliphatic carbocycles. The summed E-state index contributed by atoms with van der Waals surface area (Å²) in [7, 11) is 0. The van der Waals surface area contributed by atoms with Crippen molar-refractivity contribution in [3.05, 3.63) is 34.1 Å². The molecule has 1 rings (SSSR count). The monoisotopic (exact) mass is 278 g/mol. The minimum absolute atomic E-state index is 0.00755. The Hall–Kier alpha value is -0.0800. The molecule has 14 heavy (non-hydrogen) atoms. The van der Waals surface area contributed by atoms with E-state index >= 15 is 0 Å². The summed E-state index contributed by atoms with van der Waals surface area (Å²) in [6.45, 7) is 2.13. The minimum Gasteiger partial charge on any atom is -0.206 e. The van der Waals surface area contributed by atoms with Crippen LogP contribution in [0.2, 0.25) is 0 Å².